The number of ketones is 1. The molecule has 3 aliphatic heterocycles. The largest absolute Gasteiger partial charge is 0.505 e. The minimum Gasteiger partial charge on any atom is -0.505 e. The highest BCUT2D eigenvalue weighted by Crippen LogP contribution is 2.44. The number of rotatable bonds is 2. The van der Waals surface area contributed by atoms with Gasteiger partial charge in [-0.05, 0) is 57.2 Å². The molecule has 2 saturated heterocycles. The van der Waals surface area contributed by atoms with Gasteiger partial charge in [0.1, 0.15) is 23.6 Å². The Morgan fingerprint density at radius 1 is 1.14 bits per heavy atom. The van der Waals surface area contributed by atoms with E-state index in [9.17, 15) is 20.1 Å². The lowest BCUT2D eigenvalue weighted by molar-refractivity contribution is -0.321. The first-order valence-electron chi connectivity index (χ1n) is 11.9. The van der Waals surface area contributed by atoms with E-state index in [1.165, 1.54) is 13.0 Å². The van der Waals surface area contributed by atoms with Crippen molar-refractivity contribution in [1.29, 1.82) is 0 Å². The molecule has 0 spiro atoms. The Balaban J connectivity index is 1.53. The van der Waals surface area contributed by atoms with Gasteiger partial charge in [0, 0.05) is 15.4 Å². The number of carbonyl (C=O) groups excluding carboxylic acids is 1. The van der Waals surface area contributed by atoms with Crippen LogP contribution < -0.4 is 5.32 Å². The Morgan fingerprint density at radius 3 is 2.59 bits per heavy atom. The number of hydrogen-bond donors (Lipinski definition) is 4. The van der Waals surface area contributed by atoms with Crippen molar-refractivity contribution in [2.24, 2.45) is 4.99 Å². The molecule has 0 unspecified atom stereocenters. The first-order chi connectivity index (χ1) is 17.5. The van der Waals surface area contributed by atoms with Crippen molar-refractivity contribution in [3.8, 4) is 5.75 Å². The molecule has 0 amide bonds. The number of aromatic nitrogens is 1. The van der Waals surface area contributed by atoms with Crippen LogP contribution >= 0.6 is 23.2 Å². The van der Waals surface area contributed by atoms with Gasteiger partial charge in [-0.1, -0.05) is 23.2 Å². The summed E-state index contributed by atoms with van der Waals surface area (Å²) >= 11 is 12.4. The predicted molar refractivity (Wildman–Crippen MR) is 138 cm³/mol. The third-order valence-corrected chi connectivity index (χ3v) is 8.00. The zero-order valence-corrected chi connectivity index (χ0v) is 21.7. The van der Waals surface area contributed by atoms with E-state index in [0.717, 1.165) is 0 Å². The number of nitrogens with zero attached hydrogens (tertiary/aromatic N) is 2. The number of aromatic hydroxyl groups is 1. The first-order valence-corrected chi connectivity index (χ1v) is 12.7. The maximum Gasteiger partial charge on any atom is 0.215 e. The number of benzene rings is 2. The number of morpholine rings is 1. The van der Waals surface area contributed by atoms with Crippen LogP contribution in [0.15, 0.2) is 41.4 Å². The van der Waals surface area contributed by atoms with E-state index in [1.807, 2.05) is 6.92 Å². The van der Waals surface area contributed by atoms with Gasteiger partial charge in [-0.15, -0.1) is 0 Å². The number of carbonyl (C=O) groups is 1. The Kier molecular flexibility index (Phi) is 5.70. The second kappa shape index (κ2) is 8.51. The minimum atomic E-state index is -1.53. The number of ether oxygens (including phenoxy) is 2. The van der Waals surface area contributed by atoms with Gasteiger partial charge in [-0.3, -0.25) is 4.79 Å². The smallest absolute Gasteiger partial charge is 0.215 e. The fourth-order valence-corrected chi connectivity index (χ4v) is 5.79. The highest BCUT2D eigenvalue weighted by Gasteiger charge is 2.53. The van der Waals surface area contributed by atoms with E-state index in [2.05, 4.69) is 10.3 Å². The molecule has 3 aromatic rings. The van der Waals surface area contributed by atoms with Crippen molar-refractivity contribution < 1.29 is 29.6 Å². The predicted octanol–water partition coefficient (Wildman–Crippen LogP) is 3.70. The minimum absolute atomic E-state index is 0.0176. The summed E-state index contributed by atoms with van der Waals surface area (Å²) < 4.78 is 13.8. The number of nitrogens with one attached hydrogen (secondary N) is 1. The molecule has 6 rings (SSSR count). The van der Waals surface area contributed by atoms with Gasteiger partial charge in [-0.25, -0.2) is 4.99 Å². The molecule has 0 saturated carbocycles. The van der Waals surface area contributed by atoms with Crippen LogP contribution in [0, 0.1) is 0 Å². The van der Waals surface area contributed by atoms with Crippen LogP contribution in [0.2, 0.25) is 10.0 Å². The van der Waals surface area contributed by atoms with E-state index < -0.39 is 48.2 Å². The standard InChI is InChI=1S/C26H25Cl2N3O6/c1-10-18-24(37-26(3,35)11(2)29-18)23(34)25(36-10)31-17-7-5-13(28)9-15(17)22(33)20(31)19-21(32)14-8-12(27)4-6-16(14)30-19/h4-11,18,23-25,29,33-35H,1-3H3/t10-,11-,18-,23-,24+,25-,26-/m0/s1. The number of Topliss-reactive ketones (excluding diaryl/α,β-unsaturated/α-hetero) is 1. The molecule has 3 aliphatic rings. The van der Waals surface area contributed by atoms with Crippen LogP contribution in [0.4, 0.5) is 5.69 Å². The molecule has 4 N–H and O–H groups in total. The normalized spacial score (nSPS) is 33.4. The van der Waals surface area contributed by atoms with Crippen molar-refractivity contribution in [2.45, 2.75) is 63.2 Å². The number of aliphatic hydroxyl groups excluding tert-OH is 1. The number of aliphatic hydroxyl groups is 2. The van der Waals surface area contributed by atoms with Gasteiger partial charge in [0.25, 0.3) is 0 Å². The summed E-state index contributed by atoms with van der Waals surface area (Å²) in [6.07, 6.45) is -3.69. The molecule has 2 aromatic carbocycles. The van der Waals surface area contributed by atoms with Gasteiger partial charge in [0.15, 0.2) is 17.8 Å². The van der Waals surface area contributed by atoms with Gasteiger partial charge < -0.3 is 34.7 Å². The molecule has 37 heavy (non-hydrogen) atoms. The second-order valence-electron chi connectivity index (χ2n) is 9.95. The molecular formula is C26H25Cl2N3O6. The lowest BCUT2D eigenvalue weighted by atomic mass is 9.91. The fraction of sp³-hybridized carbons (Fsp3) is 0.385. The van der Waals surface area contributed by atoms with E-state index in [1.54, 1.807) is 41.8 Å². The summed E-state index contributed by atoms with van der Waals surface area (Å²) in [5.41, 5.74) is 1.26. The zero-order valence-electron chi connectivity index (χ0n) is 20.1. The van der Waals surface area contributed by atoms with Crippen molar-refractivity contribution in [1.82, 2.24) is 9.88 Å². The Hall–Kier alpha value is -2.50. The van der Waals surface area contributed by atoms with E-state index >= 15 is 0 Å². The van der Waals surface area contributed by atoms with Gasteiger partial charge in [0.05, 0.1) is 35.0 Å². The lowest BCUT2D eigenvalue weighted by Gasteiger charge is -2.52. The molecule has 194 valence electrons. The van der Waals surface area contributed by atoms with E-state index in [0.29, 0.717) is 32.2 Å². The molecule has 11 heteroatoms. The molecule has 7 atom stereocenters. The summed E-state index contributed by atoms with van der Waals surface area (Å²) in [5, 5.41) is 38.1. The van der Waals surface area contributed by atoms with Crippen molar-refractivity contribution >= 4 is 51.3 Å². The molecule has 0 aliphatic carbocycles. The van der Waals surface area contributed by atoms with Crippen LogP contribution in [0.5, 0.6) is 5.75 Å². The van der Waals surface area contributed by atoms with E-state index in [-0.39, 0.29) is 17.2 Å². The number of fused-ring (bicyclic) bond motifs is 3. The highest BCUT2D eigenvalue weighted by atomic mass is 35.5. The summed E-state index contributed by atoms with van der Waals surface area (Å²) in [7, 11) is 0. The summed E-state index contributed by atoms with van der Waals surface area (Å²) in [6, 6.07) is 8.86. The summed E-state index contributed by atoms with van der Waals surface area (Å²) in [5.74, 6) is -2.18. The van der Waals surface area contributed by atoms with E-state index in [4.69, 9.17) is 32.7 Å². The monoisotopic (exact) mass is 545 g/mol. The molecule has 1 aromatic heterocycles. The highest BCUT2D eigenvalue weighted by molar-refractivity contribution is 6.55. The maximum atomic E-state index is 13.5. The fourth-order valence-electron chi connectivity index (χ4n) is 5.44. The van der Waals surface area contributed by atoms with Crippen LogP contribution in [0.25, 0.3) is 10.9 Å². The Bertz CT molecular complexity index is 1480. The molecule has 0 radical (unpaired) electrons. The van der Waals surface area contributed by atoms with Crippen LogP contribution in [-0.2, 0) is 9.47 Å². The van der Waals surface area contributed by atoms with Crippen molar-refractivity contribution in [3.05, 3.63) is 57.7 Å². The summed E-state index contributed by atoms with van der Waals surface area (Å²) in [6.45, 7) is 5.15. The topological polar surface area (TPSA) is 126 Å². The van der Waals surface area contributed by atoms with Gasteiger partial charge >= 0.3 is 0 Å². The second-order valence-corrected chi connectivity index (χ2v) is 10.8. The molecule has 0 bridgehead atoms. The Morgan fingerprint density at radius 2 is 1.84 bits per heavy atom. The third-order valence-electron chi connectivity index (χ3n) is 7.53. The van der Waals surface area contributed by atoms with Crippen LogP contribution in [0.1, 0.15) is 43.1 Å². The summed E-state index contributed by atoms with van der Waals surface area (Å²) in [4.78, 5) is 18.0. The molecule has 4 heterocycles. The van der Waals surface area contributed by atoms with Gasteiger partial charge in [0.2, 0.25) is 5.78 Å². The van der Waals surface area contributed by atoms with Crippen molar-refractivity contribution in [3.63, 3.8) is 0 Å². The average molecular weight is 546 g/mol. The number of aliphatic imine (C=N–C) groups is 1. The lowest BCUT2D eigenvalue weighted by Crippen LogP contribution is -2.71. The van der Waals surface area contributed by atoms with Crippen molar-refractivity contribution in [2.75, 3.05) is 0 Å². The average Bonchev–Trinajstić information content (AvgIpc) is 3.30. The Labute approximate surface area is 222 Å². The first kappa shape index (κ1) is 24.8. The molecule has 2 fully saturated rings. The quantitative estimate of drug-likeness (QED) is 0.386. The number of hydrogen-bond acceptors (Lipinski definition) is 8. The SMILES string of the molecule is C[C@@H]1O[C@H](n2c(C3=Nc4ccc(Cl)cc4C3=O)c(O)c3cc(Cl)ccc32)[C@@H](O)[C@@H]2O[C@](C)(O)[C@H](C)N[C@H]21. The maximum absolute atomic E-state index is 13.5. The molecular weight excluding hydrogens is 521 g/mol. The third kappa shape index (κ3) is 3.72. The number of halogens is 2. The van der Waals surface area contributed by atoms with Gasteiger partial charge in [-0.2, -0.15) is 0 Å². The molecule has 9 nitrogen and oxygen atoms in total. The van der Waals surface area contributed by atoms with Crippen LogP contribution in [0.3, 0.4) is 0 Å². The van der Waals surface area contributed by atoms with Crippen LogP contribution in [-0.4, -0.2) is 67.6 Å². The zero-order chi connectivity index (χ0) is 26.4.